The number of nitrogens with one attached hydrogen (secondary N) is 1. The monoisotopic (exact) mass is 536 g/mol. The van der Waals surface area contributed by atoms with E-state index < -0.39 is 0 Å². The summed E-state index contributed by atoms with van der Waals surface area (Å²) in [6.45, 7) is 6.53. The highest BCUT2D eigenvalue weighted by Gasteiger charge is 2.21. The summed E-state index contributed by atoms with van der Waals surface area (Å²) in [5, 5.41) is 3.49. The van der Waals surface area contributed by atoms with E-state index in [2.05, 4.69) is 47.1 Å². The second-order valence-corrected chi connectivity index (χ2v) is 7.85. The summed E-state index contributed by atoms with van der Waals surface area (Å²) in [5.74, 6) is 2.83. The molecule has 2 saturated heterocycles. The molecule has 0 amide bonds. The average molecular weight is 536 g/mol. The van der Waals surface area contributed by atoms with Gasteiger partial charge in [-0.15, -0.1) is 24.0 Å². The van der Waals surface area contributed by atoms with E-state index in [4.69, 9.17) is 4.98 Å². The molecule has 0 bridgehead atoms. The zero-order valence-corrected chi connectivity index (χ0v) is 20.6. The molecule has 0 radical (unpaired) electrons. The van der Waals surface area contributed by atoms with Crippen LogP contribution in [0.1, 0.15) is 31.2 Å². The number of aliphatic imine (C=N–C) groups is 1. The van der Waals surface area contributed by atoms with Crippen molar-refractivity contribution in [1.29, 1.82) is 0 Å². The van der Waals surface area contributed by atoms with E-state index in [9.17, 15) is 0 Å². The summed E-state index contributed by atoms with van der Waals surface area (Å²) in [4.78, 5) is 24.8. The fourth-order valence-electron chi connectivity index (χ4n) is 4.09. The Morgan fingerprint density at radius 1 is 0.903 bits per heavy atom. The van der Waals surface area contributed by atoms with Crippen molar-refractivity contribution in [3.63, 3.8) is 0 Å². The molecule has 168 valence electrons. The molecule has 8 nitrogen and oxygen atoms in total. The fourth-order valence-corrected chi connectivity index (χ4v) is 4.09. The zero-order chi connectivity index (χ0) is 20.6. The Balaban J connectivity index is 0.00000272. The van der Waals surface area contributed by atoms with Crippen molar-refractivity contribution in [2.24, 2.45) is 4.99 Å². The standard InChI is InChI=1S/C22H32N8.HI/c1-23-21(29-13-15-30(16-14-29)22-24-9-6-10-25-22)27-18-19-7-8-20(26-17-19)28-11-4-2-3-5-12-28;/h6-10,17H,2-5,11-16,18H2,1H3,(H,23,27);1H. The van der Waals surface area contributed by atoms with Crippen LogP contribution in [0.15, 0.2) is 41.8 Å². The highest BCUT2D eigenvalue weighted by Crippen LogP contribution is 2.17. The van der Waals surface area contributed by atoms with Crippen LogP contribution in [0.5, 0.6) is 0 Å². The Kier molecular flexibility index (Phi) is 9.11. The average Bonchev–Trinajstić information content (AvgIpc) is 3.11. The Morgan fingerprint density at radius 3 is 2.23 bits per heavy atom. The minimum absolute atomic E-state index is 0. The molecule has 4 rings (SSSR count). The van der Waals surface area contributed by atoms with Gasteiger partial charge in [-0.05, 0) is 30.5 Å². The largest absolute Gasteiger partial charge is 0.357 e. The van der Waals surface area contributed by atoms with Crippen LogP contribution in [0.2, 0.25) is 0 Å². The van der Waals surface area contributed by atoms with Gasteiger partial charge in [0.25, 0.3) is 0 Å². The van der Waals surface area contributed by atoms with Gasteiger partial charge in [-0.3, -0.25) is 4.99 Å². The minimum Gasteiger partial charge on any atom is -0.357 e. The molecule has 2 aromatic heterocycles. The lowest BCUT2D eigenvalue weighted by molar-refractivity contribution is 0.370. The number of pyridine rings is 1. The van der Waals surface area contributed by atoms with Crippen LogP contribution in [0.25, 0.3) is 0 Å². The smallest absolute Gasteiger partial charge is 0.225 e. The number of anilines is 2. The summed E-state index contributed by atoms with van der Waals surface area (Å²) in [7, 11) is 1.84. The van der Waals surface area contributed by atoms with E-state index in [1.54, 1.807) is 12.4 Å². The third-order valence-corrected chi connectivity index (χ3v) is 5.82. The maximum absolute atomic E-state index is 4.72. The third kappa shape index (κ3) is 6.41. The van der Waals surface area contributed by atoms with Crippen LogP contribution in [-0.4, -0.2) is 72.1 Å². The first-order valence-electron chi connectivity index (χ1n) is 11.0. The van der Waals surface area contributed by atoms with Gasteiger partial charge in [0.05, 0.1) is 0 Å². The summed E-state index contributed by atoms with van der Waals surface area (Å²) in [6, 6.07) is 6.18. The molecule has 0 atom stereocenters. The molecular formula is C22H33IN8. The quantitative estimate of drug-likeness (QED) is 0.366. The highest BCUT2D eigenvalue weighted by atomic mass is 127. The second-order valence-electron chi connectivity index (χ2n) is 7.85. The lowest BCUT2D eigenvalue weighted by atomic mass is 10.2. The first-order valence-corrected chi connectivity index (χ1v) is 11.0. The molecule has 2 aromatic rings. The number of aromatic nitrogens is 3. The van der Waals surface area contributed by atoms with E-state index in [0.29, 0.717) is 0 Å². The molecular weight excluding hydrogens is 503 g/mol. The lowest BCUT2D eigenvalue weighted by Crippen LogP contribution is -2.52. The summed E-state index contributed by atoms with van der Waals surface area (Å²) in [6.07, 6.45) is 10.8. The number of hydrogen-bond acceptors (Lipinski definition) is 6. The molecule has 2 fully saturated rings. The van der Waals surface area contributed by atoms with E-state index in [1.807, 2.05) is 19.3 Å². The topological polar surface area (TPSA) is 72.8 Å². The van der Waals surface area contributed by atoms with E-state index >= 15 is 0 Å². The molecule has 0 aromatic carbocycles. The van der Waals surface area contributed by atoms with Crippen LogP contribution in [-0.2, 0) is 6.54 Å². The summed E-state index contributed by atoms with van der Waals surface area (Å²) < 4.78 is 0. The normalized spacial score (nSPS) is 17.7. The molecule has 0 saturated carbocycles. The highest BCUT2D eigenvalue weighted by molar-refractivity contribution is 14.0. The Bertz CT molecular complexity index is 798. The first kappa shape index (κ1) is 23.5. The van der Waals surface area contributed by atoms with Crippen molar-refractivity contribution >= 4 is 41.7 Å². The number of rotatable bonds is 4. The Hall–Kier alpha value is -2.17. The van der Waals surface area contributed by atoms with Gasteiger partial charge in [0.1, 0.15) is 5.82 Å². The van der Waals surface area contributed by atoms with Gasteiger partial charge in [0, 0.05) is 71.5 Å². The van der Waals surface area contributed by atoms with Crippen LogP contribution in [0.4, 0.5) is 11.8 Å². The molecule has 2 aliphatic rings. The van der Waals surface area contributed by atoms with Crippen molar-refractivity contribution in [3.05, 3.63) is 42.4 Å². The molecule has 0 aliphatic carbocycles. The third-order valence-electron chi connectivity index (χ3n) is 5.82. The van der Waals surface area contributed by atoms with Gasteiger partial charge in [-0.1, -0.05) is 18.9 Å². The van der Waals surface area contributed by atoms with Crippen molar-refractivity contribution in [2.75, 3.05) is 56.1 Å². The first-order chi connectivity index (χ1) is 14.8. The number of hydrogen-bond donors (Lipinski definition) is 1. The van der Waals surface area contributed by atoms with Crippen molar-refractivity contribution in [1.82, 2.24) is 25.2 Å². The van der Waals surface area contributed by atoms with Gasteiger partial charge < -0.3 is 20.0 Å². The fraction of sp³-hybridized carbons (Fsp3) is 0.545. The summed E-state index contributed by atoms with van der Waals surface area (Å²) >= 11 is 0. The summed E-state index contributed by atoms with van der Waals surface area (Å²) in [5.41, 5.74) is 1.17. The van der Waals surface area contributed by atoms with Gasteiger partial charge in [-0.2, -0.15) is 0 Å². The van der Waals surface area contributed by atoms with Crippen molar-refractivity contribution in [2.45, 2.75) is 32.2 Å². The van der Waals surface area contributed by atoms with Gasteiger partial charge in [-0.25, -0.2) is 15.0 Å². The van der Waals surface area contributed by atoms with Crippen LogP contribution >= 0.6 is 24.0 Å². The van der Waals surface area contributed by atoms with E-state index in [1.165, 1.54) is 31.2 Å². The van der Waals surface area contributed by atoms with Crippen molar-refractivity contribution < 1.29 is 0 Å². The maximum Gasteiger partial charge on any atom is 0.225 e. The molecule has 0 spiro atoms. The molecule has 4 heterocycles. The predicted octanol–water partition coefficient (Wildman–Crippen LogP) is 2.77. The van der Waals surface area contributed by atoms with Crippen LogP contribution < -0.4 is 15.1 Å². The van der Waals surface area contributed by atoms with Crippen molar-refractivity contribution in [3.8, 4) is 0 Å². The molecule has 9 heteroatoms. The molecule has 2 aliphatic heterocycles. The number of nitrogens with zero attached hydrogens (tertiary/aromatic N) is 7. The predicted molar refractivity (Wildman–Crippen MR) is 136 cm³/mol. The minimum atomic E-state index is 0. The van der Waals surface area contributed by atoms with Crippen LogP contribution in [0.3, 0.4) is 0 Å². The Morgan fingerprint density at radius 2 is 1.61 bits per heavy atom. The second kappa shape index (κ2) is 12.0. The lowest BCUT2D eigenvalue weighted by Gasteiger charge is -2.36. The van der Waals surface area contributed by atoms with Crippen LogP contribution in [0, 0.1) is 0 Å². The molecule has 0 unspecified atom stereocenters. The number of guanidine groups is 1. The maximum atomic E-state index is 4.72. The molecule has 1 N–H and O–H groups in total. The van der Waals surface area contributed by atoms with Gasteiger partial charge in [0.15, 0.2) is 5.96 Å². The molecule has 31 heavy (non-hydrogen) atoms. The number of piperazine rings is 1. The van der Waals surface area contributed by atoms with Gasteiger partial charge >= 0.3 is 0 Å². The SMILES string of the molecule is CN=C(NCc1ccc(N2CCCCCC2)nc1)N1CCN(c2ncccn2)CC1.I. The Labute approximate surface area is 202 Å². The van der Waals surface area contributed by atoms with E-state index in [-0.39, 0.29) is 24.0 Å². The number of halogens is 1. The zero-order valence-electron chi connectivity index (χ0n) is 18.3. The van der Waals surface area contributed by atoms with E-state index in [0.717, 1.165) is 63.5 Å². The van der Waals surface area contributed by atoms with Gasteiger partial charge in [0.2, 0.25) is 5.95 Å².